The molecule has 0 aliphatic heterocycles. The summed E-state index contributed by atoms with van der Waals surface area (Å²) >= 11 is 4.23. The van der Waals surface area contributed by atoms with Crippen molar-refractivity contribution in [2.75, 3.05) is 6.61 Å². The summed E-state index contributed by atoms with van der Waals surface area (Å²) < 4.78 is 168. The topological polar surface area (TPSA) is 26.3 Å². The third kappa shape index (κ3) is 12.0. The number of ether oxygens (including phenoxy) is 1. The lowest BCUT2D eigenvalue weighted by molar-refractivity contribution is -0.197. The second-order valence-electron chi connectivity index (χ2n) is 9.56. The Morgan fingerprint density at radius 2 is 1.07 bits per heavy atom. The van der Waals surface area contributed by atoms with E-state index in [-0.39, 0.29) is 6.42 Å². The average molecular weight is 619 g/mol. The molecule has 0 aliphatic carbocycles. The molecule has 0 fully saturated rings. The van der Waals surface area contributed by atoms with Crippen molar-refractivity contribution < 1.29 is 62.2 Å². The van der Waals surface area contributed by atoms with E-state index in [0.29, 0.717) is 5.56 Å². The fourth-order valence-electron chi connectivity index (χ4n) is 4.17. The third-order valence-electron chi connectivity index (χ3n) is 5.45. The SMILES string of the molecule is O=C(CC(F)(F)CC(F)(F)CC(F)(F)CC(F)(F)CC(F)(F)CC(F)(F)Cl)OCCc1cccc2ccccc12. The molecular formula is C25H23ClF12O2. The van der Waals surface area contributed by atoms with Crippen LogP contribution in [0, 0.1) is 0 Å². The van der Waals surface area contributed by atoms with E-state index in [2.05, 4.69) is 16.3 Å². The molecule has 0 amide bonds. The van der Waals surface area contributed by atoms with Gasteiger partial charge in [0.15, 0.2) is 0 Å². The van der Waals surface area contributed by atoms with Gasteiger partial charge >= 0.3 is 11.4 Å². The van der Waals surface area contributed by atoms with Crippen LogP contribution in [0.2, 0.25) is 0 Å². The molecule has 0 atom stereocenters. The van der Waals surface area contributed by atoms with Crippen LogP contribution in [0.15, 0.2) is 42.5 Å². The zero-order chi connectivity index (χ0) is 30.6. The molecule has 40 heavy (non-hydrogen) atoms. The largest absolute Gasteiger partial charge is 0.465 e. The number of benzene rings is 2. The van der Waals surface area contributed by atoms with Gasteiger partial charge in [0.1, 0.15) is 6.42 Å². The molecule has 0 spiro atoms. The molecule has 2 nitrogen and oxygen atoms in total. The fourth-order valence-corrected chi connectivity index (χ4v) is 4.36. The highest BCUT2D eigenvalue weighted by atomic mass is 35.5. The lowest BCUT2D eigenvalue weighted by atomic mass is 9.95. The van der Waals surface area contributed by atoms with Gasteiger partial charge in [0.2, 0.25) is 0 Å². The molecule has 0 aromatic heterocycles. The number of halogens is 13. The van der Waals surface area contributed by atoms with Gasteiger partial charge in [-0.05, 0) is 27.9 Å². The van der Waals surface area contributed by atoms with E-state index in [0.717, 1.165) is 10.8 Å². The van der Waals surface area contributed by atoms with E-state index in [1.165, 1.54) is 0 Å². The number of esters is 1. The summed E-state index contributed by atoms with van der Waals surface area (Å²) in [5.41, 5.74) is 0.692. The Kier molecular flexibility index (Phi) is 10.3. The molecule has 0 saturated heterocycles. The number of rotatable bonds is 15. The van der Waals surface area contributed by atoms with Gasteiger partial charge in [0, 0.05) is 6.42 Å². The van der Waals surface area contributed by atoms with Crippen LogP contribution in [-0.2, 0) is 16.0 Å². The molecule has 0 saturated carbocycles. The average Bonchev–Trinajstić information content (AvgIpc) is 2.67. The predicted octanol–water partition coefficient (Wildman–Crippen LogP) is 9.27. The maximum absolute atomic E-state index is 14.1. The molecule has 0 heterocycles. The molecule has 0 unspecified atom stereocenters. The second-order valence-corrected chi connectivity index (χ2v) is 10.1. The van der Waals surface area contributed by atoms with Gasteiger partial charge in [-0.1, -0.05) is 42.5 Å². The Bertz CT molecular complexity index is 1140. The summed E-state index contributed by atoms with van der Waals surface area (Å²) in [6.45, 7) is -0.410. The molecule has 2 aromatic rings. The lowest BCUT2D eigenvalue weighted by Crippen LogP contribution is -2.41. The molecule has 15 heteroatoms. The maximum Gasteiger partial charge on any atom is 0.327 e. The molecule has 226 valence electrons. The van der Waals surface area contributed by atoms with E-state index in [1.807, 2.05) is 0 Å². The van der Waals surface area contributed by atoms with Gasteiger partial charge in [-0.3, -0.25) is 4.79 Å². The molecular weight excluding hydrogens is 596 g/mol. The van der Waals surface area contributed by atoms with Gasteiger partial charge in [0.25, 0.3) is 29.6 Å². The summed E-state index contributed by atoms with van der Waals surface area (Å²) in [5, 5.41) is -3.02. The number of hydrogen-bond acceptors (Lipinski definition) is 2. The lowest BCUT2D eigenvalue weighted by Gasteiger charge is -2.30. The van der Waals surface area contributed by atoms with Crippen molar-refractivity contribution in [1.82, 2.24) is 0 Å². The van der Waals surface area contributed by atoms with Gasteiger partial charge in [0.05, 0.1) is 38.7 Å². The van der Waals surface area contributed by atoms with E-state index in [1.54, 1.807) is 42.5 Å². The van der Waals surface area contributed by atoms with E-state index in [9.17, 15) is 57.5 Å². The Hall–Kier alpha value is -2.38. The normalized spacial score (nSPS) is 14.0. The first-order valence-corrected chi connectivity index (χ1v) is 11.9. The highest BCUT2D eigenvalue weighted by Gasteiger charge is 2.56. The molecule has 0 radical (unpaired) electrons. The van der Waals surface area contributed by atoms with E-state index in [4.69, 9.17) is 0 Å². The summed E-state index contributed by atoms with van der Waals surface area (Å²) in [5.74, 6) is -26.5. The van der Waals surface area contributed by atoms with Crippen molar-refractivity contribution in [3.8, 4) is 0 Å². The molecule has 2 aromatic carbocycles. The maximum atomic E-state index is 14.1. The van der Waals surface area contributed by atoms with Crippen LogP contribution >= 0.6 is 11.6 Å². The Balaban J connectivity index is 1.91. The summed E-state index contributed by atoms with van der Waals surface area (Å²) in [4.78, 5) is 11.8. The van der Waals surface area contributed by atoms with Crippen LogP contribution in [0.5, 0.6) is 0 Å². The first kappa shape index (κ1) is 33.8. The first-order valence-electron chi connectivity index (χ1n) is 11.6. The summed E-state index contributed by atoms with van der Waals surface area (Å²) in [7, 11) is 0. The quantitative estimate of drug-likeness (QED) is 0.113. The molecule has 0 aliphatic rings. The zero-order valence-corrected chi connectivity index (χ0v) is 21.2. The van der Waals surface area contributed by atoms with Gasteiger partial charge in [-0.15, -0.1) is 0 Å². The Morgan fingerprint density at radius 1 is 0.625 bits per heavy atom. The fraction of sp³-hybridized carbons (Fsp3) is 0.560. The van der Waals surface area contributed by atoms with Crippen LogP contribution in [0.1, 0.15) is 44.1 Å². The minimum Gasteiger partial charge on any atom is -0.465 e. The van der Waals surface area contributed by atoms with Crippen molar-refractivity contribution in [1.29, 1.82) is 0 Å². The van der Waals surface area contributed by atoms with Gasteiger partial charge < -0.3 is 4.74 Å². The van der Waals surface area contributed by atoms with Crippen LogP contribution < -0.4 is 0 Å². The van der Waals surface area contributed by atoms with Crippen LogP contribution in [-0.4, -0.2) is 47.6 Å². The van der Waals surface area contributed by atoms with Gasteiger partial charge in [-0.25, -0.2) is 43.9 Å². The standard InChI is InChI=1S/C25H23ClF12O2/c26-25(37,38)15-24(35,36)14-23(33,34)13-22(31,32)12-21(29,30)11-20(27,28)10-19(39)40-9-8-17-6-3-5-16-4-1-2-7-18(16)17/h1-7H,8-15H2. The minimum atomic E-state index is -5.17. The van der Waals surface area contributed by atoms with Crippen LogP contribution in [0.3, 0.4) is 0 Å². The molecule has 0 bridgehead atoms. The van der Waals surface area contributed by atoms with Crippen molar-refractivity contribution in [3.63, 3.8) is 0 Å². The van der Waals surface area contributed by atoms with Gasteiger partial charge in [-0.2, -0.15) is 8.78 Å². The highest BCUT2D eigenvalue weighted by Crippen LogP contribution is 2.47. The third-order valence-corrected chi connectivity index (χ3v) is 5.58. The summed E-state index contributed by atoms with van der Waals surface area (Å²) in [6.07, 6.45) is -15.9. The highest BCUT2D eigenvalue weighted by molar-refractivity contribution is 6.21. The molecule has 0 N–H and O–H groups in total. The minimum absolute atomic E-state index is 0.0802. The first-order chi connectivity index (χ1) is 18.0. The number of carbonyl (C=O) groups excluding carboxylic acids is 1. The number of carbonyl (C=O) groups is 1. The van der Waals surface area contributed by atoms with Crippen molar-refractivity contribution in [2.24, 2.45) is 0 Å². The van der Waals surface area contributed by atoms with Crippen LogP contribution in [0.25, 0.3) is 10.8 Å². The zero-order valence-electron chi connectivity index (χ0n) is 20.4. The second kappa shape index (κ2) is 12.2. The Labute approximate surface area is 225 Å². The number of fused-ring (bicyclic) bond motifs is 1. The molecule has 2 rings (SSSR count). The van der Waals surface area contributed by atoms with Crippen LogP contribution in [0.4, 0.5) is 52.7 Å². The van der Waals surface area contributed by atoms with E-state index >= 15 is 0 Å². The van der Waals surface area contributed by atoms with E-state index < -0.39 is 86.1 Å². The predicted molar refractivity (Wildman–Crippen MR) is 122 cm³/mol. The van der Waals surface area contributed by atoms with Crippen molar-refractivity contribution in [2.45, 2.75) is 79.9 Å². The number of alkyl halides is 13. The summed E-state index contributed by atoms with van der Waals surface area (Å²) in [6, 6.07) is 12.3. The smallest absolute Gasteiger partial charge is 0.327 e. The number of hydrogen-bond donors (Lipinski definition) is 0. The van der Waals surface area contributed by atoms with Crippen molar-refractivity contribution in [3.05, 3.63) is 48.0 Å². The van der Waals surface area contributed by atoms with Crippen molar-refractivity contribution >= 4 is 28.3 Å². The monoisotopic (exact) mass is 618 g/mol. The Morgan fingerprint density at radius 3 is 1.60 bits per heavy atom.